The second-order valence-electron chi connectivity index (χ2n) is 5.19. The number of nitrogens with zero attached hydrogens (tertiary/aromatic N) is 1. The van der Waals surface area contributed by atoms with Crippen molar-refractivity contribution < 1.29 is 12.8 Å². The molecule has 1 aliphatic carbocycles. The topological polar surface area (TPSA) is 63.4 Å². The van der Waals surface area contributed by atoms with E-state index in [0.717, 1.165) is 19.3 Å². The van der Waals surface area contributed by atoms with E-state index in [1.807, 2.05) is 0 Å². The molecule has 1 saturated carbocycles. The van der Waals surface area contributed by atoms with Crippen molar-refractivity contribution in [2.45, 2.75) is 30.2 Å². The molecule has 0 heterocycles. The van der Waals surface area contributed by atoms with Crippen molar-refractivity contribution in [3.63, 3.8) is 0 Å². The summed E-state index contributed by atoms with van der Waals surface area (Å²) in [5, 5.41) is -0.682. The average molecular weight is 355 g/mol. The molecule has 0 saturated heterocycles. The minimum Gasteiger partial charge on any atom is -0.330 e. The van der Waals surface area contributed by atoms with E-state index in [4.69, 9.17) is 28.9 Å². The number of sulfonamides is 1. The molecule has 1 aromatic rings. The lowest BCUT2D eigenvalue weighted by Gasteiger charge is -2.28. The molecule has 2 rings (SSSR count). The molecule has 1 aromatic carbocycles. The Labute approximate surface area is 134 Å². The van der Waals surface area contributed by atoms with E-state index in [1.54, 1.807) is 0 Å². The highest BCUT2D eigenvalue weighted by atomic mass is 35.5. The molecule has 0 bridgehead atoms. The van der Waals surface area contributed by atoms with Crippen LogP contribution in [0.3, 0.4) is 0 Å². The third kappa shape index (κ3) is 3.05. The van der Waals surface area contributed by atoms with E-state index in [1.165, 1.54) is 23.5 Å². The molecular weight excluding hydrogens is 338 g/mol. The predicted octanol–water partition coefficient (Wildman–Crippen LogP) is 2.88. The molecule has 4 nitrogen and oxygen atoms in total. The molecule has 21 heavy (non-hydrogen) atoms. The van der Waals surface area contributed by atoms with Crippen molar-refractivity contribution in [3.8, 4) is 0 Å². The van der Waals surface area contributed by atoms with Crippen LogP contribution in [0, 0.1) is 11.7 Å². The number of benzene rings is 1. The standard InChI is InChI=1S/C13H17Cl2FN2O2S/c1-18(10-4-2-3-8(10)7-17)21(19,20)11-6-5-9(14)13(16)12(11)15/h5-6,8,10H,2-4,7,17H2,1H3. The number of halogens is 3. The summed E-state index contributed by atoms with van der Waals surface area (Å²) in [5.74, 6) is -0.810. The largest absolute Gasteiger partial charge is 0.330 e. The molecule has 0 amide bonds. The van der Waals surface area contributed by atoms with Crippen molar-refractivity contribution in [1.82, 2.24) is 4.31 Å². The van der Waals surface area contributed by atoms with Gasteiger partial charge in [-0.2, -0.15) is 4.31 Å². The molecule has 8 heteroatoms. The zero-order valence-corrected chi connectivity index (χ0v) is 13.8. The van der Waals surface area contributed by atoms with Gasteiger partial charge in [0.25, 0.3) is 0 Å². The third-order valence-corrected chi connectivity index (χ3v) is 6.74. The second kappa shape index (κ2) is 6.38. The summed E-state index contributed by atoms with van der Waals surface area (Å²) in [4.78, 5) is -0.267. The van der Waals surface area contributed by atoms with Gasteiger partial charge >= 0.3 is 0 Å². The van der Waals surface area contributed by atoms with Gasteiger partial charge in [0.2, 0.25) is 10.0 Å². The van der Waals surface area contributed by atoms with Crippen LogP contribution in [0.4, 0.5) is 4.39 Å². The molecule has 1 aliphatic rings. The molecule has 2 atom stereocenters. The molecule has 0 aliphatic heterocycles. The van der Waals surface area contributed by atoms with Crippen molar-refractivity contribution >= 4 is 33.2 Å². The first-order valence-corrected chi connectivity index (χ1v) is 8.82. The van der Waals surface area contributed by atoms with Crippen LogP contribution in [0.15, 0.2) is 17.0 Å². The summed E-state index contributed by atoms with van der Waals surface area (Å²) >= 11 is 11.4. The van der Waals surface area contributed by atoms with Gasteiger partial charge in [-0.25, -0.2) is 12.8 Å². The van der Waals surface area contributed by atoms with Gasteiger partial charge in [-0.1, -0.05) is 29.6 Å². The van der Waals surface area contributed by atoms with Crippen molar-refractivity contribution in [3.05, 3.63) is 28.0 Å². The van der Waals surface area contributed by atoms with E-state index >= 15 is 0 Å². The van der Waals surface area contributed by atoms with Crippen LogP contribution in [-0.2, 0) is 10.0 Å². The molecule has 2 N–H and O–H groups in total. The molecule has 118 valence electrons. The van der Waals surface area contributed by atoms with Gasteiger partial charge in [0.15, 0.2) is 5.82 Å². The van der Waals surface area contributed by atoms with Crippen LogP contribution in [0.1, 0.15) is 19.3 Å². The SMILES string of the molecule is CN(C1CCCC1CN)S(=O)(=O)c1ccc(Cl)c(F)c1Cl. The lowest BCUT2D eigenvalue weighted by Crippen LogP contribution is -2.41. The molecule has 0 spiro atoms. The van der Waals surface area contributed by atoms with Crippen LogP contribution in [0.5, 0.6) is 0 Å². The van der Waals surface area contributed by atoms with Crippen LogP contribution < -0.4 is 5.73 Å². The summed E-state index contributed by atoms with van der Waals surface area (Å²) in [7, 11) is -2.41. The van der Waals surface area contributed by atoms with Gasteiger partial charge < -0.3 is 5.73 Å². The van der Waals surface area contributed by atoms with E-state index in [2.05, 4.69) is 0 Å². The highest BCUT2D eigenvalue weighted by Crippen LogP contribution is 2.35. The Kier molecular flexibility index (Phi) is 5.15. The van der Waals surface area contributed by atoms with E-state index in [9.17, 15) is 12.8 Å². The average Bonchev–Trinajstić information content (AvgIpc) is 2.91. The van der Waals surface area contributed by atoms with Crippen molar-refractivity contribution in [1.29, 1.82) is 0 Å². The molecule has 2 unspecified atom stereocenters. The van der Waals surface area contributed by atoms with E-state index in [0.29, 0.717) is 6.54 Å². The monoisotopic (exact) mass is 354 g/mol. The summed E-state index contributed by atoms with van der Waals surface area (Å²) in [6.07, 6.45) is 2.56. The number of hydrogen-bond acceptors (Lipinski definition) is 3. The highest BCUT2D eigenvalue weighted by molar-refractivity contribution is 7.89. The smallest absolute Gasteiger partial charge is 0.244 e. The fourth-order valence-electron chi connectivity index (χ4n) is 2.81. The zero-order valence-electron chi connectivity index (χ0n) is 11.5. The number of nitrogens with two attached hydrogens (primary N) is 1. The van der Waals surface area contributed by atoms with Gasteiger partial charge in [-0.3, -0.25) is 0 Å². The van der Waals surface area contributed by atoms with Gasteiger partial charge in [-0.05, 0) is 37.4 Å². The zero-order chi connectivity index (χ0) is 15.8. The molecular formula is C13H17Cl2FN2O2S. The van der Waals surface area contributed by atoms with Crippen LogP contribution in [0.25, 0.3) is 0 Å². The van der Waals surface area contributed by atoms with Gasteiger partial charge in [0, 0.05) is 13.1 Å². The molecule has 0 aromatic heterocycles. The minimum absolute atomic E-state index is 0.112. The van der Waals surface area contributed by atoms with Crippen molar-refractivity contribution in [2.75, 3.05) is 13.6 Å². The Morgan fingerprint density at radius 1 is 1.38 bits per heavy atom. The maximum atomic E-state index is 13.7. The fourth-order valence-corrected chi connectivity index (χ4v) is 4.98. The lowest BCUT2D eigenvalue weighted by atomic mass is 10.0. The number of hydrogen-bond donors (Lipinski definition) is 1. The summed E-state index contributed by atoms with van der Waals surface area (Å²) < 4.78 is 40.3. The van der Waals surface area contributed by atoms with Gasteiger partial charge in [0.1, 0.15) is 4.90 Å². The summed E-state index contributed by atoms with van der Waals surface area (Å²) in [5.41, 5.74) is 5.69. The number of rotatable bonds is 4. The van der Waals surface area contributed by atoms with Gasteiger partial charge in [-0.15, -0.1) is 0 Å². The van der Waals surface area contributed by atoms with Crippen molar-refractivity contribution in [2.24, 2.45) is 11.7 Å². The van der Waals surface area contributed by atoms with Gasteiger partial charge in [0.05, 0.1) is 10.0 Å². The quantitative estimate of drug-likeness (QED) is 0.845. The molecule has 0 radical (unpaired) electrons. The first kappa shape index (κ1) is 17.0. The Bertz CT molecular complexity index is 639. The minimum atomic E-state index is -3.89. The first-order chi connectivity index (χ1) is 9.80. The maximum Gasteiger partial charge on any atom is 0.244 e. The van der Waals surface area contributed by atoms with E-state index in [-0.39, 0.29) is 21.9 Å². The Hall–Kier alpha value is -0.400. The Morgan fingerprint density at radius 3 is 2.67 bits per heavy atom. The van der Waals surface area contributed by atoms with Crippen LogP contribution in [0.2, 0.25) is 10.0 Å². The third-order valence-electron chi connectivity index (χ3n) is 4.05. The Morgan fingerprint density at radius 2 is 2.05 bits per heavy atom. The summed E-state index contributed by atoms with van der Waals surface area (Å²) in [6.45, 7) is 0.424. The predicted molar refractivity (Wildman–Crippen MR) is 81.6 cm³/mol. The highest BCUT2D eigenvalue weighted by Gasteiger charge is 2.37. The fraction of sp³-hybridized carbons (Fsp3) is 0.538. The Balaban J connectivity index is 2.40. The second-order valence-corrected chi connectivity index (χ2v) is 7.94. The van der Waals surface area contributed by atoms with Crippen LogP contribution >= 0.6 is 23.2 Å². The van der Waals surface area contributed by atoms with E-state index < -0.39 is 20.9 Å². The first-order valence-electron chi connectivity index (χ1n) is 6.62. The normalized spacial score (nSPS) is 23.0. The molecule has 1 fully saturated rings. The summed E-state index contributed by atoms with van der Waals surface area (Å²) in [6, 6.07) is 2.24. The maximum absolute atomic E-state index is 13.7. The lowest BCUT2D eigenvalue weighted by molar-refractivity contribution is 0.304. The van der Waals surface area contributed by atoms with Crippen LogP contribution in [-0.4, -0.2) is 32.4 Å².